The summed E-state index contributed by atoms with van der Waals surface area (Å²) in [6.45, 7) is 1.04. The molecule has 2 aromatic carbocycles. The molecule has 2 fully saturated rings. The predicted octanol–water partition coefficient (Wildman–Crippen LogP) is 5.04. The Morgan fingerprint density at radius 3 is 2.36 bits per heavy atom. The quantitative estimate of drug-likeness (QED) is 0.477. The highest BCUT2D eigenvalue weighted by Gasteiger charge is 2.41. The molecule has 2 saturated heterocycles. The van der Waals surface area contributed by atoms with Gasteiger partial charge in [0.15, 0.2) is 0 Å². The SMILES string of the molecule is NC(=O)c1ccc2cc(C3C[C@H]4CC[C@@H](C3)N4Cc3ccccc3)n(-c3ccncc3)c2c1. The summed E-state index contributed by atoms with van der Waals surface area (Å²) in [6, 6.07) is 24.2. The van der Waals surface area contributed by atoms with E-state index in [1.165, 1.54) is 24.1 Å². The smallest absolute Gasteiger partial charge is 0.248 e. The molecule has 2 N–H and O–H groups in total. The lowest BCUT2D eigenvalue weighted by atomic mass is 9.87. The van der Waals surface area contributed by atoms with E-state index >= 15 is 0 Å². The van der Waals surface area contributed by atoms with Crippen molar-refractivity contribution in [3.05, 3.63) is 95.9 Å². The Morgan fingerprint density at radius 1 is 0.939 bits per heavy atom. The van der Waals surface area contributed by atoms with Crippen molar-refractivity contribution < 1.29 is 4.79 Å². The van der Waals surface area contributed by atoms with Gasteiger partial charge in [-0.15, -0.1) is 0 Å². The maximum atomic E-state index is 11.9. The van der Waals surface area contributed by atoms with Crippen LogP contribution >= 0.6 is 0 Å². The van der Waals surface area contributed by atoms with Crippen LogP contribution in [0.3, 0.4) is 0 Å². The van der Waals surface area contributed by atoms with Crippen molar-refractivity contribution in [1.82, 2.24) is 14.5 Å². The summed E-state index contributed by atoms with van der Waals surface area (Å²) in [5, 5.41) is 1.14. The summed E-state index contributed by atoms with van der Waals surface area (Å²) in [7, 11) is 0. The fourth-order valence-electron chi connectivity index (χ4n) is 6.03. The van der Waals surface area contributed by atoms with Gasteiger partial charge in [-0.3, -0.25) is 14.7 Å². The minimum Gasteiger partial charge on any atom is -0.366 e. The van der Waals surface area contributed by atoms with Gasteiger partial charge in [0.1, 0.15) is 0 Å². The van der Waals surface area contributed by atoms with Crippen molar-refractivity contribution >= 4 is 16.8 Å². The molecule has 0 saturated carbocycles. The summed E-state index contributed by atoms with van der Waals surface area (Å²) in [5.74, 6) is 0.0836. The lowest BCUT2D eigenvalue weighted by Gasteiger charge is -2.39. The average molecular weight is 437 g/mol. The largest absolute Gasteiger partial charge is 0.366 e. The van der Waals surface area contributed by atoms with Crippen molar-refractivity contribution in [2.45, 2.75) is 50.2 Å². The number of aromatic nitrogens is 2. The van der Waals surface area contributed by atoms with E-state index in [1.54, 1.807) is 0 Å². The van der Waals surface area contributed by atoms with Crippen LogP contribution in [0, 0.1) is 0 Å². The molecule has 0 radical (unpaired) electrons. The van der Waals surface area contributed by atoms with Gasteiger partial charge >= 0.3 is 0 Å². The maximum absolute atomic E-state index is 11.9. The van der Waals surface area contributed by atoms with Crippen molar-refractivity contribution in [3.63, 3.8) is 0 Å². The fourth-order valence-corrected chi connectivity index (χ4v) is 6.03. The minimum atomic E-state index is -0.395. The van der Waals surface area contributed by atoms with Gasteiger partial charge in [0, 0.05) is 59.3 Å². The van der Waals surface area contributed by atoms with Crippen LogP contribution in [-0.4, -0.2) is 32.4 Å². The van der Waals surface area contributed by atoms with Gasteiger partial charge in [0.2, 0.25) is 5.91 Å². The molecular formula is C28H28N4O. The molecule has 2 bridgehead atoms. The van der Waals surface area contributed by atoms with Crippen LogP contribution in [0.15, 0.2) is 79.1 Å². The Hall–Kier alpha value is -3.44. The van der Waals surface area contributed by atoms with E-state index in [9.17, 15) is 4.79 Å². The molecule has 2 aromatic heterocycles. The summed E-state index contributed by atoms with van der Waals surface area (Å²) < 4.78 is 2.32. The highest BCUT2D eigenvalue weighted by Crippen LogP contribution is 2.45. The molecule has 5 nitrogen and oxygen atoms in total. The number of fused-ring (bicyclic) bond motifs is 3. The third-order valence-electron chi connectivity index (χ3n) is 7.55. The van der Waals surface area contributed by atoms with Crippen LogP contribution in [0.4, 0.5) is 0 Å². The molecule has 33 heavy (non-hydrogen) atoms. The van der Waals surface area contributed by atoms with Crippen LogP contribution in [0.25, 0.3) is 16.6 Å². The Bertz CT molecular complexity index is 1280. The number of nitrogens with two attached hydrogens (primary N) is 1. The van der Waals surface area contributed by atoms with E-state index in [4.69, 9.17) is 5.73 Å². The van der Waals surface area contributed by atoms with Crippen LogP contribution in [0.5, 0.6) is 0 Å². The van der Waals surface area contributed by atoms with Gasteiger partial charge in [0.25, 0.3) is 0 Å². The average Bonchev–Trinajstić information content (AvgIpc) is 3.32. The van der Waals surface area contributed by atoms with E-state index in [-0.39, 0.29) is 0 Å². The van der Waals surface area contributed by atoms with Gasteiger partial charge in [-0.2, -0.15) is 0 Å². The molecule has 166 valence electrons. The molecule has 0 aliphatic carbocycles. The maximum Gasteiger partial charge on any atom is 0.248 e. The Morgan fingerprint density at radius 2 is 1.67 bits per heavy atom. The molecule has 4 heterocycles. The second kappa shape index (κ2) is 8.16. The number of benzene rings is 2. The number of hydrogen-bond donors (Lipinski definition) is 1. The zero-order valence-electron chi connectivity index (χ0n) is 18.6. The molecule has 5 heteroatoms. The Kier molecular flexibility index (Phi) is 4.99. The Labute approximate surface area is 193 Å². The van der Waals surface area contributed by atoms with Gasteiger partial charge in [-0.1, -0.05) is 36.4 Å². The number of amides is 1. The first-order valence-electron chi connectivity index (χ1n) is 11.8. The van der Waals surface area contributed by atoms with E-state index in [0.717, 1.165) is 36.0 Å². The lowest BCUT2D eigenvalue weighted by Crippen LogP contribution is -2.41. The normalized spacial score (nSPS) is 22.6. The molecule has 2 aliphatic heterocycles. The fraction of sp³-hybridized carbons (Fsp3) is 0.286. The number of hydrogen-bond acceptors (Lipinski definition) is 3. The summed E-state index contributed by atoms with van der Waals surface area (Å²) >= 11 is 0. The molecule has 0 spiro atoms. The van der Waals surface area contributed by atoms with Crippen LogP contribution in [-0.2, 0) is 6.54 Å². The van der Waals surface area contributed by atoms with E-state index in [0.29, 0.717) is 23.6 Å². The van der Waals surface area contributed by atoms with Crippen LogP contribution in [0.1, 0.15) is 53.2 Å². The van der Waals surface area contributed by atoms with Crippen molar-refractivity contribution in [2.75, 3.05) is 0 Å². The van der Waals surface area contributed by atoms with Crippen LogP contribution < -0.4 is 5.73 Å². The third kappa shape index (κ3) is 3.62. The van der Waals surface area contributed by atoms with E-state index < -0.39 is 5.91 Å². The monoisotopic (exact) mass is 436 g/mol. The van der Waals surface area contributed by atoms with Gasteiger partial charge < -0.3 is 10.3 Å². The van der Waals surface area contributed by atoms with Crippen molar-refractivity contribution in [2.24, 2.45) is 5.73 Å². The molecule has 2 aliphatic rings. The van der Waals surface area contributed by atoms with Crippen LogP contribution in [0.2, 0.25) is 0 Å². The number of primary amides is 1. The second-order valence-electron chi connectivity index (χ2n) is 9.46. The molecule has 6 rings (SSSR count). The summed E-state index contributed by atoms with van der Waals surface area (Å²) in [4.78, 5) is 18.8. The topological polar surface area (TPSA) is 64.2 Å². The molecule has 1 unspecified atom stereocenters. The van der Waals surface area contributed by atoms with Gasteiger partial charge in [-0.05, 0) is 61.6 Å². The standard InChI is InChI=1S/C28H28N4O/c29-28(33)21-7-6-20-16-27(32(26(20)17-21)23-10-12-30-13-11-23)22-14-24-8-9-25(15-22)31(24)18-19-4-2-1-3-5-19/h1-7,10-13,16-17,22,24-25H,8-9,14-15,18H2,(H2,29,33)/t22?,24-,25+. The zero-order chi connectivity index (χ0) is 22.4. The molecule has 4 aromatic rings. The number of carbonyl (C=O) groups excluding carboxylic acids is 1. The third-order valence-corrected chi connectivity index (χ3v) is 7.55. The van der Waals surface area contributed by atoms with Gasteiger partial charge in [-0.25, -0.2) is 0 Å². The minimum absolute atomic E-state index is 0.395. The first-order chi connectivity index (χ1) is 16.2. The predicted molar refractivity (Wildman–Crippen MR) is 130 cm³/mol. The number of rotatable bonds is 5. The first kappa shape index (κ1) is 20.2. The number of carbonyl (C=O) groups is 1. The highest BCUT2D eigenvalue weighted by molar-refractivity contribution is 5.97. The summed E-state index contributed by atoms with van der Waals surface area (Å²) in [5.41, 5.74) is 11.0. The number of piperidine rings is 1. The first-order valence-corrected chi connectivity index (χ1v) is 11.8. The molecular weight excluding hydrogens is 408 g/mol. The second-order valence-corrected chi connectivity index (χ2v) is 9.46. The number of nitrogens with zero attached hydrogens (tertiary/aromatic N) is 3. The number of pyridine rings is 1. The highest BCUT2D eigenvalue weighted by atomic mass is 16.1. The lowest BCUT2D eigenvalue weighted by molar-refractivity contribution is 0.100. The van der Waals surface area contributed by atoms with Gasteiger partial charge in [0.05, 0.1) is 5.52 Å². The zero-order valence-corrected chi connectivity index (χ0v) is 18.6. The summed E-state index contributed by atoms with van der Waals surface area (Å²) in [6.07, 6.45) is 8.52. The molecule has 1 amide bonds. The van der Waals surface area contributed by atoms with E-state index in [2.05, 4.69) is 50.8 Å². The van der Waals surface area contributed by atoms with E-state index in [1.807, 2.05) is 42.7 Å². The van der Waals surface area contributed by atoms with Crippen molar-refractivity contribution in [1.29, 1.82) is 0 Å². The Balaban J connectivity index is 1.38. The van der Waals surface area contributed by atoms with Crippen molar-refractivity contribution in [3.8, 4) is 5.69 Å². The molecule has 3 atom stereocenters.